The number of halogens is 1. The van der Waals surface area contributed by atoms with E-state index in [4.69, 9.17) is 4.74 Å². The van der Waals surface area contributed by atoms with Crippen LogP contribution in [0, 0.1) is 0 Å². The first-order valence-corrected chi connectivity index (χ1v) is 8.50. The predicted molar refractivity (Wildman–Crippen MR) is 83.0 cm³/mol. The van der Waals surface area contributed by atoms with E-state index in [1.807, 2.05) is 13.8 Å². The molecule has 0 amide bonds. The van der Waals surface area contributed by atoms with Gasteiger partial charge in [-0.1, -0.05) is 27.2 Å². The molecule has 1 heterocycles. The molecule has 120 valence electrons. The smallest absolute Gasteiger partial charge is 0.117 e. The Balaban J connectivity index is 0.000000956. The number of morpholine rings is 1. The van der Waals surface area contributed by atoms with E-state index in [2.05, 4.69) is 17.1 Å². The van der Waals surface area contributed by atoms with Gasteiger partial charge in [0, 0.05) is 25.2 Å². The van der Waals surface area contributed by atoms with Crippen molar-refractivity contribution in [2.24, 2.45) is 0 Å². The zero-order valence-electron chi connectivity index (χ0n) is 13.5. The van der Waals surface area contributed by atoms with Crippen molar-refractivity contribution in [1.82, 2.24) is 10.2 Å². The zero-order chi connectivity index (χ0) is 14.8. The molecular formula is C16H33FN2O. The minimum atomic E-state index is -0.677. The Morgan fingerprint density at radius 1 is 1.20 bits per heavy atom. The zero-order valence-corrected chi connectivity index (χ0v) is 13.5. The Hall–Kier alpha value is -0.190. The Morgan fingerprint density at radius 3 is 2.50 bits per heavy atom. The molecule has 2 rings (SSSR count). The number of ether oxygens (including phenoxy) is 1. The third kappa shape index (κ3) is 5.66. The summed E-state index contributed by atoms with van der Waals surface area (Å²) < 4.78 is 19.5. The molecule has 0 spiro atoms. The highest BCUT2D eigenvalue weighted by Crippen LogP contribution is 2.26. The first-order valence-electron chi connectivity index (χ1n) is 8.50. The summed E-state index contributed by atoms with van der Waals surface area (Å²) in [4.78, 5) is 2.42. The van der Waals surface area contributed by atoms with Gasteiger partial charge in [-0.05, 0) is 32.2 Å². The monoisotopic (exact) mass is 288 g/mol. The van der Waals surface area contributed by atoms with E-state index in [0.717, 1.165) is 52.1 Å². The molecule has 3 nitrogen and oxygen atoms in total. The van der Waals surface area contributed by atoms with Gasteiger partial charge in [0.05, 0.1) is 13.2 Å². The van der Waals surface area contributed by atoms with Gasteiger partial charge in [-0.25, -0.2) is 4.39 Å². The summed E-state index contributed by atoms with van der Waals surface area (Å²) in [5.74, 6) is 0. The largest absolute Gasteiger partial charge is 0.379 e. The molecular weight excluding hydrogens is 255 g/mol. The Labute approximate surface area is 124 Å². The predicted octanol–water partition coefficient (Wildman–Crippen LogP) is 2.99. The quantitative estimate of drug-likeness (QED) is 0.787. The lowest BCUT2D eigenvalue weighted by Crippen LogP contribution is -2.51. The topological polar surface area (TPSA) is 24.5 Å². The summed E-state index contributed by atoms with van der Waals surface area (Å²) in [6, 6.07) is 0.530. The minimum absolute atomic E-state index is 0.0915. The normalized spacial score (nSPS) is 31.5. The van der Waals surface area contributed by atoms with E-state index < -0.39 is 6.17 Å². The average molecular weight is 288 g/mol. The van der Waals surface area contributed by atoms with Crippen LogP contribution >= 0.6 is 0 Å². The van der Waals surface area contributed by atoms with Crippen molar-refractivity contribution in [2.45, 2.75) is 71.1 Å². The fourth-order valence-corrected chi connectivity index (χ4v) is 3.06. The second kappa shape index (κ2) is 10.5. The first-order chi connectivity index (χ1) is 9.81. The van der Waals surface area contributed by atoms with E-state index in [-0.39, 0.29) is 6.04 Å². The fourth-order valence-electron chi connectivity index (χ4n) is 3.06. The molecule has 3 atom stereocenters. The number of hydrogen-bond acceptors (Lipinski definition) is 3. The molecule has 0 aromatic rings. The van der Waals surface area contributed by atoms with Crippen molar-refractivity contribution in [3.8, 4) is 0 Å². The molecule has 2 fully saturated rings. The van der Waals surface area contributed by atoms with E-state index >= 15 is 0 Å². The Kier molecular flexibility index (Phi) is 9.40. The lowest BCUT2D eigenvalue weighted by Gasteiger charge is -2.40. The maximum Gasteiger partial charge on any atom is 0.117 e. The average Bonchev–Trinajstić information content (AvgIpc) is 2.52. The number of nitrogens with one attached hydrogen (secondary N) is 1. The van der Waals surface area contributed by atoms with Gasteiger partial charge in [0.1, 0.15) is 6.17 Å². The van der Waals surface area contributed by atoms with Crippen LogP contribution in [0.15, 0.2) is 0 Å². The van der Waals surface area contributed by atoms with Crippen LogP contribution in [0.1, 0.15) is 52.9 Å². The van der Waals surface area contributed by atoms with E-state index in [1.165, 1.54) is 6.42 Å². The van der Waals surface area contributed by atoms with Crippen LogP contribution in [0.5, 0.6) is 0 Å². The van der Waals surface area contributed by atoms with Gasteiger partial charge >= 0.3 is 0 Å². The van der Waals surface area contributed by atoms with Gasteiger partial charge < -0.3 is 10.1 Å². The summed E-state index contributed by atoms with van der Waals surface area (Å²) in [7, 11) is 0. The molecule has 1 aliphatic carbocycles. The van der Waals surface area contributed by atoms with E-state index in [0.29, 0.717) is 12.5 Å². The number of nitrogens with zero attached hydrogens (tertiary/aromatic N) is 1. The van der Waals surface area contributed by atoms with Crippen LogP contribution in [0.25, 0.3) is 0 Å². The maximum atomic E-state index is 14.2. The van der Waals surface area contributed by atoms with Crippen LogP contribution in [-0.4, -0.2) is 56.0 Å². The third-order valence-corrected chi connectivity index (χ3v) is 4.24. The van der Waals surface area contributed by atoms with Gasteiger partial charge in [-0.2, -0.15) is 0 Å². The highest BCUT2D eigenvalue weighted by molar-refractivity contribution is 4.89. The summed E-state index contributed by atoms with van der Waals surface area (Å²) in [5.41, 5.74) is 0. The van der Waals surface area contributed by atoms with Gasteiger partial charge in [-0.15, -0.1) is 0 Å². The fraction of sp³-hybridized carbons (Fsp3) is 1.00. The van der Waals surface area contributed by atoms with Crippen molar-refractivity contribution >= 4 is 0 Å². The molecule has 1 saturated carbocycles. The second-order valence-corrected chi connectivity index (χ2v) is 5.55. The van der Waals surface area contributed by atoms with Crippen LogP contribution in [0.3, 0.4) is 0 Å². The molecule has 1 aliphatic heterocycles. The second-order valence-electron chi connectivity index (χ2n) is 5.55. The summed E-state index contributed by atoms with van der Waals surface area (Å²) >= 11 is 0. The van der Waals surface area contributed by atoms with Crippen molar-refractivity contribution in [1.29, 1.82) is 0 Å². The molecule has 0 aromatic heterocycles. The lowest BCUT2D eigenvalue weighted by atomic mass is 9.88. The Bertz CT molecular complexity index is 235. The maximum absolute atomic E-state index is 14.2. The van der Waals surface area contributed by atoms with E-state index in [9.17, 15) is 4.39 Å². The number of alkyl halides is 1. The molecule has 0 radical (unpaired) electrons. The molecule has 20 heavy (non-hydrogen) atoms. The van der Waals surface area contributed by atoms with Crippen molar-refractivity contribution in [3.05, 3.63) is 0 Å². The summed E-state index contributed by atoms with van der Waals surface area (Å²) in [5, 5.41) is 3.38. The molecule has 0 aromatic carbocycles. The SMILES string of the molecule is CC.CCCCNC1CCC(N2CCOCC2)CC1F. The molecule has 1 saturated heterocycles. The van der Waals surface area contributed by atoms with Gasteiger partial charge in [0.2, 0.25) is 0 Å². The number of unbranched alkanes of at least 4 members (excludes halogenated alkanes) is 1. The standard InChI is InChI=1S/C14H27FN2O.C2H6/c1-2-3-6-16-14-5-4-12(11-13(14)15)17-7-9-18-10-8-17;1-2/h12-14,16H,2-11H2,1H3;1-2H3. The Morgan fingerprint density at radius 2 is 1.90 bits per heavy atom. The van der Waals surface area contributed by atoms with Gasteiger partial charge in [-0.3, -0.25) is 4.90 Å². The lowest BCUT2D eigenvalue weighted by molar-refractivity contribution is -0.00439. The molecule has 2 aliphatic rings. The van der Waals surface area contributed by atoms with Crippen LogP contribution < -0.4 is 5.32 Å². The van der Waals surface area contributed by atoms with Crippen molar-refractivity contribution in [3.63, 3.8) is 0 Å². The number of rotatable bonds is 5. The first kappa shape index (κ1) is 17.9. The summed E-state index contributed by atoms with van der Waals surface area (Å²) in [6.45, 7) is 10.7. The summed E-state index contributed by atoms with van der Waals surface area (Å²) in [6.07, 6.45) is 4.45. The molecule has 0 bridgehead atoms. The minimum Gasteiger partial charge on any atom is -0.379 e. The van der Waals surface area contributed by atoms with Crippen LogP contribution in [0.2, 0.25) is 0 Å². The molecule has 1 N–H and O–H groups in total. The van der Waals surface area contributed by atoms with Crippen molar-refractivity contribution in [2.75, 3.05) is 32.8 Å². The molecule has 4 heteroatoms. The highest BCUT2D eigenvalue weighted by Gasteiger charge is 2.33. The highest BCUT2D eigenvalue weighted by atomic mass is 19.1. The number of hydrogen-bond donors (Lipinski definition) is 1. The van der Waals surface area contributed by atoms with Gasteiger partial charge in [0.25, 0.3) is 0 Å². The van der Waals surface area contributed by atoms with Gasteiger partial charge in [0.15, 0.2) is 0 Å². The van der Waals surface area contributed by atoms with Crippen molar-refractivity contribution < 1.29 is 9.13 Å². The van der Waals surface area contributed by atoms with Crippen LogP contribution in [0.4, 0.5) is 4.39 Å². The van der Waals surface area contributed by atoms with E-state index in [1.54, 1.807) is 0 Å². The molecule has 3 unspecified atom stereocenters. The third-order valence-electron chi connectivity index (χ3n) is 4.24. The van der Waals surface area contributed by atoms with Crippen LogP contribution in [-0.2, 0) is 4.74 Å².